The lowest BCUT2D eigenvalue weighted by atomic mass is 10.1. The summed E-state index contributed by atoms with van der Waals surface area (Å²) in [4.78, 5) is 24.5. The number of esters is 1. The number of nitrogens with one attached hydrogen (secondary N) is 1. The van der Waals surface area contributed by atoms with Crippen LogP contribution in [0.25, 0.3) is 0 Å². The van der Waals surface area contributed by atoms with Gasteiger partial charge in [-0.1, -0.05) is 0 Å². The topological polar surface area (TPSA) is 93.9 Å². The number of anilines is 3. The van der Waals surface area contributed by atoms with Gasteiger partial charge in [-0.05, 0) is 30.3 Å². The third kappa shape index (κ3) is 3.92. The molecule has 0 atom stereocenters. The van der Waals surface area contributed by atoms with Crippen molar-refractivity contribution < 1.29 is 19.2 Å². The standard InChI is InChI=1S/C18H19N3O5/c1-25-18(22)16-7-4-14(12-17(16)20-8-10-26-11-9-20)19-13-2-5-15(6-3-13)21(23)24/h2-7,12,19H,8-11H2,1H3. The predicted octanol–water partition coefficient (Wildman–Crippen LogP) is 2.96. The molecule has 1 aliphatic heterocycles. The van der Waals surface area contributed by atoms with Gasteiger partial charge in [-0.25, -0.2) is 4.79 Å². The first-order valence-electron chi connectivity index (χ1n) is 8.15. The van der Waals surface area contributed by atoms with Gasteiger partial charge in [0.25, 0.3) is 5.69 Å². The summed E-state index contributed by atoms with van der Waals surface area (Å²) in [7, 11) is 1.36. The van der Waals surface area contributed by atoms with Gasteiger partial charge in [-0.2, -0.15) is 0 Å². The highest BCUT2D eigenvalue weighted by molar-refractivity contribution is 5.97. The summed E-state index contributed by atoms with van der Waals surface area (Å²) in [5.41, 5.74) is 2.78. The second-order valence-electron chi connectivity index (χ2n) is 5.75. The van der Waals surface area contributed by atoms with Crippen LogP contribution in [0.5, 0.6) is 0 Å². The maximum Gasteiger partial charge on any atom is 0.339 e. The maximum absolute atomic E-state index is 12.1. The van der Waals surface area contributed by atoms with E-state index in [9.17, 15) is 14.9 Å². The average molecular weight is 357 g/mol. The molecule has 0 radical (unpaired) electrons. The van der Waals surface area contributed by atoms with Crippen LogP contribution in [-0.2, 0) is 9.47 Å². The molecule has 2 aromatic rings. The molecule has 8 nitrogen and oxygen atoms in total. The Balaban J connectivity index is 1.87. The molecule has 0 amide bonds. The number of benzene rings is 2. The van der Waals surface area contributed by atoms with Gasteiger partial charge >= 0.3 is 5.97 Å². The molecule has 8 heteroatoms. The van der Waals surface area contributed by atoms with Crippen LogP contribution in [0.4, 0.5) is 22.7 Å². The van der Waals surface area contributed by atoms with Gasteiger partial charge in [0, 0.05) is 36.6 Å². The first-order chi connectivity index (χ1) is 12.6. The zero-order valence-electron chi connectivity index (χ0n) is 14.3. The fourth-order valence-electron chi connectivity index (χ4n) is 2.79. The van der Waals surface area contributed by atoms with E-state index in [1.807, 2.05) is 6.07 Å². The van der Waals surface area contributed by atoms with Crippen molar-refractivity contribution in [1.82, 2.24) is 0 Å². The van der Waals surface area contributed by atoms with Crippen molar-refractivity contribution in [2.24, 2.45) is 0 Å². The lowest BCUT2D eigenvalue weighted by molar-refractivity contribution is -0.384. The van der Waals surface area contributed by atoms with Crippen molar-refractivity contribution in [2.45, 2.75) is 0 Å². The summed E-state index contributed by atoms with van der Waals surface area (Å²) in [6.07, 6.45) is 0. The number of methoxy groups -OCH3 is 1. The zero-order valence-corrected chi connectivity index (χ0v) is 14.3. The number of rotatable bonds is 5. The number of carbonyl (C=O) groups is 1. The highest BCUT2D eigenvalue weighted by atomic mass is 16.6. The van der Waals surface area contributed by atoms with E-state index >= 15 is 0 Å². The molecule has 1 saturated heterocycles. The van der Waals surface area contributed by atoms with E-state index in [-0.39, 0.29) is 5.69 Å². The molecular formula is C18H19N3O5. The van der Waals surface area contributed by atoms with Crippen LogP contribution in [-0.4, -0.2) is 44.3 Å². The minimum absolute atomic E-state index is 0.0330. The minimum Gasteiger partial charge on any atom is -0.465 e. The van der Waals surface area contributed by atoms with Gasteiger partial charge in [0.1, 0.15) is 0 Å². The number of hydrogen-bond acceptors (Lipinski definition) is 7. The van der Waals surface area contributed by atoms with Crippen LogP contribution in [0, 0.1) is 10.1 Å². The molecule has 0 aliphatic carbocycles. The Morgan fingerprint density at radius 3 is 2.42 bits per heavy atom. The SMILES string of the molecule is COC(=O)c1ccc(Nc2ccc([N+](=O)[O-])cc2)cc1N1CCOCC1. The maximum atomic E-state index is 12.1. The second-order valence-corrected chi connectivity index (χ2v) is 5.75. The number of carbonyl (C=O) groups excluding carboxylic acids is 1. The quantitative estimate of drug-likeness (QED) is 0.499. The normalized spacial score (nSPS) is 14.0. The number of nitro benzene ring substituents is 1. The number of morpholine rings is 1. The van der Waals surface area contributed by atoms with Crippen molar-refractivity contribution in [3.63, 3.8) is 0 Å². The average Bonchev–Trinajstić information content (AvgIpc) is 2.68. The predicted molar refractivity (Wildman–Crippen MR) is 97.2 cm³/mol. The Morgan fingerprint density at radius 1 is 1.15 bits per heavy atom. The molecule has 2 aromatic carbocycles. The molecule has 3 rings (SSSR count). The van der Waals surface area contributed by atoms with E-state index in [1.165, 1.54) is 19.2 Å². The molecule has 1 N–H and O–H groups in total. The van der Waals surface area contributed by atoms with Crippen molar-refractivity contribution in [3.8, 4) is 0 Å². The molecule has 26 heavy (non-hydrogen) atoms. The minimum atomic E-state index is -0.439. The Labute approximate surface area is 150 Å². The molecule has 0 aromatic heterocycles. The van der Waals surface area contributed by atoms with E-state index < -0.39 is 10.9 Å². The summed E-state index contributed by atoms with van der Waals surface area (Å²) >= 11 is 0. The van der Waals surface area contributed by atoms with E-state index in [2.05, 4.69) is 10.2 Å². The van der Waals surface area contributed by atoms with E-state index in [4.69, 9.17) is 9.47 Å². The zero-order chi connectivity index (χ0) is 18.5. The fraction of sp³-hybridized carbons (Fsp3) is 0.278. The number of ether oxygens (including phenoxy) is 2. The summed E-state index contributed by atoms with van der Waals surface area (Å²) < 4.78 is 10.3. The van der Waals surface area contributed by atoms with Crippen LogP contribution in [0.1, 0.15) is 10.4 Å². The Morgan fingerprint density at radius 2 is 1.81 bits per heavy atom. The second kappa shape index (κ2) is 7.83. The van der Waals surface area contributed by atoms with Crippen LogP contribution in [0.2, 0.25) is 0 Å². The fourth-order valence-corrected chi connectivity index (χ4v) is 2.79. The third-order valence-electron chi connectivity index (χ3n) is 4.12. The summed E-state index contributed by atoms with van der Waals surface area (Å²) in [5, 5.41) is 13.9. The van der Waals surface area contributed by atoms with Gasteiger partial charge in [0.15, 0.2) is 0 Å². The van der Waals surface area contributed by atoms with Crippen molar-refractivity contribution in [1.29, 1.82) is 0 Å². The number of hydrogen-bond donors (Lipinski definition) is 1. The van der Waals surface area contributed by atoms with E-state index in [0.717, 1.165) is 11.4 Å². The lowest BCUT2D eigenvalue weighted by Crippen LogP contribution is -2.37. The van der Waals surface area contributed by atoms with E-state index in [0.29, 0.717) is 37.6 Å². The summed E-state index contributed by atoms with van der Waals surface area (Å²) in [5.74, 6) is -0.395. The molecule has 0 bridgehead atoms. The smallest absolute Gasteiger partial charge is 0.339 e. The van der Waals surface area contributed by atoms with Gasteiger partial charge < -0.3 is 19.7 Å². The van der Waals surface area contributed by atoms with Gasteiger partial charge in [0.05, 0.1) is 36.5 Å². The Bertz CT molecular complexity index is 801. The van der Waals surface area contributed by atoms with Crippen LogP contribution in [0.15, 0.2) is 42.5 Å². The molecule has 1 fully saturated rings. The summed E-state index contributed by atoms with van der Waals surface area (Å²) in [6, 6.07) is 11.5. The molecule has 0 unspecified atom stereocenters. The number of nitro groups is 1. The van der Waals surface area contributed by atoms with Crippen LogP contribution >= 0.6 is 0 Å². The highest BCUT2D eigenvalue weighted by Gasteiger charge is 2.20. The van der Waals surface area contributed by atoms with Gasteiger partial charge in [-0.15, -0.1) is 0 Å². The first kappa shape index (κ1) is 17.7. The molecule has 0 spiro atoms. The van der Waals surface area contributed by atoms with Crippen LogP contribution < -0.4 is 10.2 Å². The molecule has 1 aliphatic rings. The Hall–Kier alpha value is -3.13. The van der Waals surface area contributed by atoms with Crippen molar-refractivity contribution >= 4 is 28.7 Å². The Kier molecular flexibility index (Phi) is 5.33. The highest BCUT2D eigenvalue weighted by Crippen LogP contribution is 2.29. The molecule has 136 valence electrons. The monoisotopic (exact) mass is 357 g/mol. The van der Waals surface area contributed by atoms with Crippen molar-refractivity contribution in [3.05, 3.63) is 58.1 Å². The molecule has 1 heterocycles. The number of non-ortho nitro benzene ring substituents is 1. The summed E-state index contributed by atoms with van der Waals surface area (Å²) in [6.45, 7) is 2.57. The molecule has 0 saturated carbocycles. The van der Waals surface area contributed by atoms with Gasteiger partial charge in [-0.3, -0.25) is 10.1 Å². The van der Waals surface area contributed by atoms with E-state index in [1.54, 1.807) is 24.3 Å². The van der Waals surface area contributed by atoms with Gasteiger partial charge in [0.2, 0.25) is 0 Å². The molecular weight excluding hydrogens is 338 g/mol. The van der Waals surface area contributed by atoms with Crippen molar-refractivity contribution in [2.75, 3.05) is 43.6 Å². The largest absolute Gasteiger partial charge is 0.465 e. The lowest BCUT2D eigenvalue weighted by Gasteiger charge is -2.30. The first-order valence-corrected chi connectivity index (χ1v) is 8.15. The third-order valence-corrected chi connectivity index (χ3v) is 4.12. The van der Waals surface area contributed by atoms with Crippen LogP contribution in [0.3, 0.4) is 0 Å². The number of nitrogens with zero attached hydrogens (tertiary/aromatic N) is 2.